The van der Waals surface area contributed by atoms with Gasteiger partial charge < -0.3 is 4.90 Å². The van der Waals surface area contributed by atoms with Crippen LogP contribution in [0.3, 0.4) is 0 Å². The highest BCUT2D eigenvalue weighted by Gasteiger charge is 2.19. The van der Waals surface area contributed by atoms with Crippen molar-refractivity contribution in [3.05, 3.63) is 52.5 Å². The standard InChI is InChI=1S/C17H18Cl2N6/c18-14-3-2-13(15(19)10-14)11-23-5-1-6-24(9-8-23)16-17-22-21-12-25(17)7-4-20-16/h2-4,7,10,12H,1,5-6,8-9,11H2. The Bertz CT molecular complexity index is 880. The lowest BCUT2D eigenvalue weighted by molar-refractivity contribution is 0.285. The van der Waals surface area contributed by atoms with Crippen LogP contribution in [0.4, 0.5) is 5.82 Å². The quantitative estimate of drug-likeness (QED) is 0.702. The number of halogens is 2. The van der Waals surface area contributed by atoms with Crippen LogP contribution in [-0.4, -0.2) is 50.7 Å². The van der Waals surface area contributed by atoms with E-state index in [4.69, 9.17) is 23.2 Å². The maximum atomic E-state index is 6.32. The second kappa shape index (κ2) is 7.15. The van der Waals surface area contributed by atoms with Gasteiger partial charge in [0.1, 0.15) is 6.33 Å². The molecule has 3 heterocycles. The van der Waals surface area contributed by atoms with E-state index in [0.29, 0.717) is 5.02 Å². The number of hydrogen-bond acceptors (Lipinski definition) is 5. The fourth-order valence-corrected chi connectivity index (χ4v) is 3.67. The van der Waals surface area contributed by atoms with E-state index >= 15 is 0 Å². The van der Waals surface area contributed by atoms with Crippen molar-refractivity contribution in [1.29, 1.82) is 0 Å². The van der Waals surface area contributed by atoms with Gasteiger partial charge in [-0.1, -0.05) is 29.3 Å². The molecule has 4 rings (SSSR count). The van der Waals surface area contributed by atoms with Crippen LogP contribution >= 0.6 is 23.2 Å². The highest BCUT2D eigenvalue weighted by molar-refractivity contribution is 6.35. The Labute approximate surface area is 156 Å². The summed E-state index contributed by atoms with van der Waals surface area (Å²) < 4.78 is 1.90. The topological polar surface area (TPSA) is 49.6 Å². The number of hydrogen-bond donors (Lipinski definition) is 0. The summed E-state index contributed by atoms with van der Waals surface area (Å²) in [6.45, 7) is 4.63. The molecule has 0 amide bonds. The van der Waals surface area contributed by atoms with Gasteiger partial charge in [0, 0.05) is 55.2 Å². The Morgan fingerprint density at radius 3 is 2.88 bits per heavy atom. The molecule has 1 fully saturated rings. The van der Waals surface area contributed by atoms with E-state index in [-0.39, 0.29) is 0 Å². The molecule has 0 N–H and O–H groups in total. The van der Waals surface area contributed by atoms with Crippen molar-refractivity contribution in [2.75, 3.05) is 31.1 Å². The molecule has 8 heteroatoms. The summed E-state index contributed by atoms with van der Waals surface area (Å²) in [7, 11) is 0. The van der Waals surface area contributed by atoms with Gasteiger partial charge in [-0.3, -0.25) is 9.30 Å². The highest BCUT2D eigenvalue weighted by atomic mass is 35.5. The number of benzene rings is 1. The zero-order chi connectivity index (χ0) is 17.2. The highest BCUT2D eigenvalue weighted by Crippen LogP contribution is 2.23. The first-order chi connectivity index (χ1) is 12.2. The molecule has 0 atom stereocenters. The van der Waals surface area contributed by atoms with Crippen molar-refractivity contribution in [2.24, 2.45) is 0 Å². The summed E-state index contributed by atoms with van der Waals surface area (Å²) in [5.74, 6) is 0.895. The molecular formula is C17H18Cl2N6. The second-order valence-electron chi connectivity index (χ2n) is 6.17. The van der Waals surface area contributed by atoms with Crippen molar-refractivity contribution in [3.63, 3.8) is 0 Å². The monoisotopic (exact) mass is 376 g/mol. The molecule has 130 valence electrons. The first-order valence-electron chi connectivity index (χ1n) is 8.26. The van der Waals surface area contributed by atoms with Crippen LogP contribution < -0.4 is 4.90 Å². The molecule has 3 aromatic rings. The number of nitrogens with zero attached hydrogens (tertiary/aromatic N) is 6. The van der Waals surface area contributed by atoms with Crippen LogP contribution in [0, 0.1) is 0 Å². The minimum absolute atomic E-state index is 0.670. The van der Waals surface area contributed by atoms with E-state index < -0.39 is 0 Å². The smallest absolute Gasteiger partial charge is 0.203 e. The van der Waals surface area contributed by atoms with Gasteiger partial charge in [0.15, 0.2) is 5.82 Å². The fourth-order valence-electron chi connectivity index (χ4n) is 3.20. The van der Waals surface area contributed by atoms with Crippen LogP contribution in [-0.2, 0) is 6.54 Å². The zero-order valence-corrected chi connectivity index (χ0v) is 15.2. The Morgan fingerprint density at radius 1 is 1.08 bits per heavy atom. The van der Waals surface area contributed by atoms with Gasteiger partial charge in [-0.2, -0.15) is 0 Å². The molecule has 25 heavy (non-hydrogen) atoms. The molecule has 0 radical (unpaired) electrons. The van der Waals surface area contributed by atoms with Crippen LogP contribution in [0.1, 0.15) is 12.0 Å². The third kappa shape index (κ3) is 3.56. The third-order valence-corrected chi connectivity index (χ3v) is 5.08. The van der Waals surface area contributed by atoms with Gasteiger partial charge in [-0.15, -0.1) is 10.2 Å². The molecule has 1 aliphatic heterocycles. The molecule has 0 spiro atoms. The number of rotatable bonds is 3. The molecule has 2 aromatic heterocycles. The maximum Gasteiger partial charge on any atom is 0.203 e. The Balaban J connectivity index is 1.48. The van der Waals surface area contributed by atoms with Crippen molar-refractivity contribution in [3.8, 4) is 0 Å². The molecule has 0 aliphatic carbocycles. The van der Waals surface area contributed by atoms with Gasteiger partial charge >= 0.3 is 0 Å². The first kappa shape index (κ1) is 16.6. The van der Waals surface area contributed by atoms with Gasteiger partial charge in [0.05, 0.1) is 0 Å². The van der Waals surface area contributed by atoms with Crippen molar-refractivity contribution < 1.29 is 0 Å². The molecule has 0 bridgehead atoms. The Kier molecular flexibility index (Phi) is 4.74. The summed E-state index contributed by atoms with van der Waals surface area (Å²) in [4.78, 5) is 9.23. The molecular weight excluding hydrogens is 359 g/mol. The van der Waals surface area contributed by atoms with Crippen LogP contribution in [0.2, 0.25) is 10.0 Å². The molecule has 0 saturated carbocycles. The van der Waals surface area contributed by atoms with E-state index in [0.717, 1.165) is 61.2 Å². The van der Waals surface area contributed by atoms with Crippen LogP contribution in [0.15, 0.2) is 36.9 Å². The van der Waals surface area contributed by atoms with Crippen molar-refractivity contribution in [2.45, 2.75) is 13.0 Å². The number of aromatic nitrogens is 4. The average Bonchev–Trinajstić information content (AvgIpc) is 2.97. The lowest BCUT2D eigenvalue weighted by atomic mass is 10.2. The lowest BCUT2D eigenvalue weighted by Gasteiger charge is -2.23. The molecule has 0 unspecified atom stereocenters. The normalized spacial score (nSPS) is 16.3. The predicted molar refractivity (Wildman–Crippen MR) is 99.4 cm³/mol. The summed E-state index contributed by atoms with van der Waals surface area (Å²) in [6.07, 6.45) is 6.42. The van der Waals surface area contributed by atoms with Gasteiger partial charge in [0.25, 0.3) is 0 Å². The fraction of sp³-hybridized carbons (Fsp3) is 0.353. The minimum atomic E-state index is 0.670. The molecule has 6 nitrogen and oxygen atoms in total. The predicted octanol–water partition coefficient (Wildman–Crippen LogP) is 3.14. The lowest BCUT2D eigenvalue weighted by Crippen LogP contribution is -2.31. The van der Waals surface area contributed by atoms with Crippen LogP contribution in [0.25, 0.3) is 5.65 Å². The van der Waals surface area contributed by atoms with Crippen LogP contribution in [0.5, 0.6) is 0 Å². The van der Waals surface area contributed by atoms with E-state index in [9.17, 15) is 0 Å². The molecule has 1 aromatic carbocycles. The summed E-state index contributed by atoms with van der Waals surface area (Å²) >= 11 is 12.3. The van der Waals surface area contributed by atoms with Gasteiger partial charge in [-0.05, 0) is 24.1 Å². The summed E-state index contributed by atoms with van der Waals surface area (Å²) in [6, 6.07) is 5.70. The third-order valence-electron chi connectivity index (χ3n) is 4.49. The van der Waals surface area contributed by atoms with Gasteiger partial charge in [-0.25, -0.2) is 4.98 Å². The Hall–Kier alpha value is -1.89. The molecule has 1 aliphatic rings. The zero-order valence-electron chi connectivity index (χ0n) is 13.6. The van der Waals surface area contributed by atoms with Gasteiger partial charge in [0.2, 0.25) is 5.65 Å². The SMILES string of the molecule is Clc1ccc(CN2CCCN(c3nccn4cnnc34)CC2)c(Cl)c1. The molecule has 1 saturated heterocycles. The minimum Gasteiger partial charge on any atom is -0.352 e. The van der Waals surface area contributed by atoms with Crippen molar-refractivity contribution >= 4 is 34.7 Å². The van der Waals surface area contributed by atoms with E-state index in [2.05, 4.69) is 25.0 Å². The Morgan fingerprint density at radius 2 is 2.00 bits per heavy atom. The average molecular weight is 377 g/mol. The number of anilines is 1. The largest absolute Gasteiger partial charge is 0.352 e. The van der Waals surface area contributed by atoms with E-state index in [1.165, 1.54) is 0 Å². The number of fused-ring (bicyclic) bond motifs is 1. The maximum absolute atomic E-state index is 6.32. The first-order valence-corrected chi connectivity index (χ1v) is 9.02. The van der Waals surface area contributed by atoms with E-state index in [1.807, 2.05) is 22.7 Å². The van der Waals surface area contributed by atoms with Crippen molar-refractivity contribution in [1.82, 2.24) is 24.5 Å². The summed E-state index contributed by atoms with van der Waals surface area (Å²) in [5, 5.41) is 9.57. The second-order valence-corrected chi connectivity index (χ2v) is 7.01. The van der Waals surface area contributed by atoms with E-state index in [1.54, 1.807) is 18.6 Å². The summed E-state index contributed by atoms with van der Waals surface area (Å²) in [5.41, 5.74) is 1.91.